The molecule has 14 heavy (non-hydrogen) atoms. The van der Waals surface area contributed by atoms with Crippen molar-refractivity contribution in [1.29, 1.82) is 0 Å². The summed E-state index contributed by atoms with van der Waals surface area (Å²) in [6.45, 7) is 3.50. The number of aryl methyl sites for hydroxylation is 1. The van der Waals surface area contributed by atoms with Crippen LogP contribution in [0.1, 0.15) is 28.4 Å². The van der Waals surface area contributed by atoms with Crippen molar-refractivity contribution < 1.29 is 4.79 Å². The van der Waals surface area contributed by atoms with Crippen LogP contribution < -0.4 is 0 Å². The van der Waals surface area contributed by atoms with Gasteiger partial charge in [0.05, 0.1) is 5.33 Å². The first-order valence-electron chi connectivity index (χ1n) is 4.31. The van der Waals surface area contributed by atoms with Crippen LogP contribution >= 0.6 is 15.9 Å². The van der Waals surface area contributed by atoms with Crippen LogP contribution in [0.15, 0.2) is 18.2 Å². The van der Waals surface area contributed by atoms with E-state index in [1.807, 2.05) is 25.1 Å². The van der Waals surface area contributed by atoms with Crippen LogP contribution in [0.4, 0.5) is 0 Å². The van der Waals surface area contributed by atoms with E-state index >= 15 is 0 Å². The second-order valence-corrected chi connectivity index (χ2v) is 3.58. The Labute approximate surface area is 92.6 Å². The van der Waals surface area contributed by atoms with E-state index in [1.54, 1.807) is 6.92 Å². The van der Waals surface area contributed by atoms with Gasteiger partial charge in [0.25, 0.3) is 0 Å². The Hall–Kier alpha value is -1.07. The molecule has 0 aliphatic carbocycles. The average molecular weight is 251 g/mol. The Bertz CT molecular complexity index is 410. The Morgan fingerprint density at radius 3 is 2.71 bits per heavy atom. The SMILES string of the molecule is CC(=O)c1ccc(C#CCBr)cc1C. The van der Waals surface area contributed by atoms with Crippen molar-refractivity contribution in [1.82, 2.24) is 0 Å². The molecule has 0 unspecified atom stereocenters. The molecule has 72 valence electrons. The fourth-order valence-corrected chi connectivity index (χ4v) is 1.41. The second-order valence-electron chi connectivity index (χ2n) is 3.02. The minimum atomic E-state index is 0.0995. The smallest absolute Gasteiger partial charge is 0.160 e. The van der Waals surface area contributed by atoms with Crippen molar-refractivity contribution >= 4 is 21.7 Å². The lowest BCUT2D eigenvalue weighted by Crippen LogP contribution is -1.95. The molecule has 0 radical (unpaired) electrons. The van der Waals surface area contributed by atoms with Crippen LogP contribution in [0.25, 0.3) is 0 Å². The molecule has 1 aromatic rings. The molecule has 0 spiro atoms. The van der Waals surface area contributed by atoms with E-state index in [4.69, 9.17) is 0 Å². The predicted molar refractivity (Wildman–Crippen MR) is 61.9 cm³/mol. The largest absolute Gasteiger partial charge is 0.295 e. The maximum atomic E-state index is 11.1. The van der Waals surface area contributed by atoms with Crippen molar-refractivity contribution in [2.45, 2.75) is 13.8 Å². The lowest BCUT2D eigenvalue weighted by molar-refractivity contribution is 0.101. The van der Waals surface area contributed by atoms with Crippen LogP contribution in [0.3, 0.4) is 0 Å². The summed E-state index contributed by atoms with van der Waals surface area (Å²) in [6, 6.07) is 5.64. The van der Waals surface area contributed by atoms with E-state index in [-0.39, 0.29) is 5.78 Å². The molecule has 0 atom stereocenters. The average Bonchev–Trinajstić information content (AvgIpc) is 2.14. The van der Waals surface area contributed by atoms with Gasteiger partial charge >= 0.3 is 0 Å². The quantitative estimate of drug-likeness (QED) is 0.426. The molecule has 0 aliphatic heterocycles. The normalized spacial score (nSPS) is 9.07. The first-order chi connectivity index (χ1) is 6.65. The summed E-state index contributed by atoms with van der Waals surface area (Å²) >= 11 is 3.24. The van der Waals surface area contributed by atoms with Crippen LogP contribution in [0, 0.1) is 18.8 Å². The highest BCUT2D eigenvalue weighted by molar-refractivity contribution is 9.09. The van der Waals surface area contributed by atoms with Gasteiger partial charge in [-0.3, -0.25) is 4.79 Å². The van der Waals surface area contributed by atoms with E-state index in [1.165, 1.54) is 0 Å². The number of Topliss-reactive ketones (excluding diaryl/α,β-unsaturated/α-hetero) is 1. The molecule has 0 N–H and O–H groups in total. The zero-order chi connectivity index (χ0) is 10.6. The predicted octanol–water partition coefficient (Wildman–Crippen LogP) is 2.94. The molecule has 0 aliphatic rings. The van der Waals surface area contributed by atoms with E-state index in [0.29, 0.717) is 5.33 Å². The lowest BCUT2D eigenvalue weighted by atomic mass is 10.0. The molecule has 0 heterocycles. The van der Waals surface area contributed by atoms with E-state index in [2.05, 4.69) is 27.8 Å². The maximum absolute atomic E-state index is 11.1. The Balaban J connectivity index is 3.06. The van der Waals surface area contributed by atoms with Gasteiger partial charge in [-0.15, -0.1) is 0 Å². The standard InChI is InChI=1S/C12H11BrO/c1-9-8-11(4-3-7-13)5-6-12(9)10(2)14/h5-6,8H,7H2,1-2H3. The minimum absolute atomic E-state index is 0.0995. The zero-order valence-electron chi connectivity index (χ0n) is 8.23. The van der Waals surface area contributed by atoms with Gasteiger partial charge in [0.2, 0.25) is 0 Å². The Morgan fingerprint density at radius 1 is 1.50 bits per heavy atom. The van der Waals surface area contributed by atoms with Gasteiger partial charge in [-0.1, -0.05) is 27.8 Å². The highest BCUT2D eigenvalue weighted by Crippen LogP contribution is 2.10. The first kappa shape index (κ1) is 11.0. The summed E-state index contributed by atoms with van der Waals surface area (Å²) < 4.78 is 0. The van der Waals surface area contributed by atoms with Gasteiger partial charge in [0.15, 0.2) is 5.78 Å². The molecular weight excluding hydrogens is 240 g/mol. The van der Waals surface area contributed by atoms with Crippen molar-refractivity contribution in [3.8, 4) is 11.8 Å². The summed E-state index contributed by atoms with van der Waals surface area (Å²) in [4.78, 5) is 11.1. The van der Waals surface area contributed by atoms with Crippen molar-refractivity contribution in [3.63, 3.8) is 0 Å². The van der Waals surface area contributed by atoms with Crippen LogP contribution in [0.2, 0.25) is 0 Å². The van der Waals surface area contributed by atoms with Gasteiger partial charge < -0.3 is 0 Å². The summed E-state index contributed by atoms with van der Waals surface area (Å²) in [6.07, 6.45) is 0. The van der Waals surface area contributed by atoms with Gasteiger partial charge in [0.1, 0.15) is 0 Å². The monoisotopic (exact) mass is 250 g/mol. The molecule has 2 heteroatoms. The molecule has 1 aromatic carbocycles. The van der Waals surface area contributed by atoms with Crippen molar-refractivity contribution in [2.75, 3.05) is 5.33 Å². The van der Waals surface area contributed by atoms with Crippen LogP contribution in [0.5, 0.6) is 0 Å². The summed E-state index contributed by atoms with van der Waals surface area (Å²) in [5.74, 6) is 6.01. The number of rotatable bonds is 1. The summed E-state index contributed by atoms with van der Waals surface area (Å²) in [7, 11) is 0. The lowest BCUT2D eigenvalue weighted by Gasteiger charge is -2.01. The van der Waals surface area contributed by atoms with Gasteiger partial charge in [-0.2, -0.15) is 0 Å². The molecule has 1 nitrogen and oxygen atoms in total. The number of carbonyl (C=O) groups is 1. The van der Waals surface area contributed by atoms with Gasteiger partial charge in [-0.05, 0) is 37.6 Å². The van der Waals surface area contributed by atoms with Crippen molar-refractivity contribution in [3.05, 3.63) is 34.9 Å². The number of carbonyl (C=O) groups excluding carboxylic acids is 1. The number of hydrogen-bond acceptors (Lipinski definition) is 1. The molecule has 0 fully saturated rings. The fourth-order valence-electron chi connectivity index (χ4n) is 1.27. The molecule has 0 saturated heterocycles. The topological polar surface area (TPSA) is 17.1 Å². The zero-order valence-corrected chi connectivity index (χ0v) is 9.81. The van der Waals surface area contributed by atoms with E-state index in [9.17, 15) is 4.79 Å². The molecule has 0 saturated carbocycles. The van der Waals surface area contributed by atoms with Crippen LogP contribution in [-0.4, -0.2) is 11.1 Å². The highest BCUT2D eigenvalue weighted by atomic mass is 79.9. The number of alkyl halides is 1. The van der Waals surface area contributed by atoms with Crippen LogP contribution in [-0.2, 0) is 0 Å². The summed E-state index contributed by atoms with van der Waals surface area (Å²) in [5.41, 5.74) is 2.71. The Morgan fingerprint density at radius 2 is 2.21 bits per heavy atom. The molecule has 0 bridgehead atoms. The molecule has 0 amide bonds. The molecule has 0 aromatic heterocycles. The van der Waals surface area contributed by atoms with Gasteiger partial charge in [0, 0.05) is 11.1 Å². The third-order valence-corrected chi connectivity index (χ3v) is 2.19. The fraction of sp³-hybridized carbons (Fsp3) is 0.250. The maximum Gasteiger partial charge on any atom is 0.160 e. The number of ketones is 1. The number of halogens is 1. The Kier molecular flexibility index (Phi) is 3.91. The number of hydrogen-bond donors (Lipinski definition) is 0. The molecule has 1 rings (SSSR count). The summed E-state index contributed by atoms with van der Waals surface area (Å²) in [5, 5.41) is 0.667. The molecular formula is C12H11BrO. The minimum Gasteiger partial charge on any atom is -0.295 e. The van der Waals surface area contributed by atoms with Gasteiger partial charge in [-0.25, -0.2) is 0 Å². The van der Waals surface area contributed by atoms with E-state index in [0.717, 1.165) is 16.7 Å². The first-order valence-corrected chi connectivity index (χ1v) is 5.43. The third-order valence-electron chi connectivity index (χ3n) is 1.91. The third kappa shape index (κ3) is 2.71. The van der Waals surface area contributed by atoms with Crippen molar-refractivity contribution in [2.24, 2.45) is 0 Å². The van der Waals surface area contributed by atoms with E-state index < -0.39 is 0 Å². The highest BCUT2D eigenvalue weighted by Gasteiger charge is 2.02. The second kappa shape index (κ2) is 4.97. The number of benzene rings is 1.